The first kappa shape index (κ1) is 8.36. The molecule has 0 fully saturated rings. The van der Waals surface area contributed by atoms with Gasteiger partial charge in [-0.05, 0) is 18.9 Å². The van der Waals surface area contributed by atoms with Gasteiger partial charge in [0.2, 0.25) is 0 Å². The van der Waals surface area contributed by atoms with Crippen LogP contribution < -0.4 is 0 Å². The topological polar surface area (TPSA) is 49.7 Å². The molecule has 0 radical (unpaired) electrons. The smallest absolute Gasteiger partial charge is 0.487 e. The molecule has 1 rings (SSSR count). The summed E-state index contributed by atoms with van der Waals surface area (Å²) >= 11 is 0. The maximum Gasteiger partial charge on any atom is 0.487 e. The Morgan fingerprint density at radius 3 is 2.73 bits per heavy atom. The highest BCUT2D eigenvalue weighted by atomic mass is 16.5. The van der Waals surface area contributed by atoms with E-state index in [1.165, 1.54) is 7.11 Å². The molecular weight excluding hydrogens is 143 g/mol. The quantitative estimate of drug-likeness (QED) is 0.560. The fourth-order valence-corrected chi connectivity index (χ4v) is 1.11. The number of hydrogen-bond donors (Lipinski definition) is 2. The van der Waals surface area contributed by atoms with Crippen molar-refractivity contribution in [2.75, 3.05) is 7.11 Å². The van der Waals surface area contributed by atoms with Crippen molar-refractivity contribution in [2.45, 2.75) is 12.8 Å². The van der Waals surface area contributed by atoms with Crippen LogP contribution in [0.3, 0.4) is 0 Å². The number of methoxy groups -OCH3 is 1. The van der Waals surface area contributed by atoms with Crippen molar-refractivity contribution in [3.8, 4) is 0 Å². The Morgan fingerprint density at radius 2 is 2.27 bits per heavy atom. The first-order valence-corrected chi connectivity index (χ1v) is 3.55. The fourth-order valence-electron chi connectivity index (χ4n) is 1.11. The van der Waals surface area contributed by atoms with E-state index in [0.29, 0.717) is 17.7 Å². The summed E-state index contributed by atoms with van der Waals surface area (Å²) in [6, 6.07) is 0. The summed E-state index contributed by atoms with van der Waals surface area (Å²) in [5, 5.41) is 17.7. The SMILES string of the molecule is COC1=C(B(O)O)CCC=C1. The fraction of sp³-hybridized carbons (Fsp3) is 0.429. The van der Waals surface area contributed by atoms with E-state index >= 15 is 0 Å². The van der Waals surface area contributed by atoms with Crippen LogP contribution in [-0.2, 0) is 4.74 Å². The summed E-state index contributed by atoms with van der Waals surface area (Å²) in [7, 11) is 0.141. The number of ether oxygens (including phenoxy) is 1. The maximum atomic E-state index is 8.86. The van der Waals surface area contributed by atoms with Gasteiger partial charge in [0.25, 0.3) is 0 Å². The summed E-state index contributed by atoms with van der Waals surface area (Å²) in [6.07, 6.45) is 5.22. The minimum Gasteiger partial charge on any atom is -0.497 e. The molecule has 0 saturated heterocycles. The van der Waals surface area contributed by atoms with Crippen LogP contribution in [0.15, 0.2) is 23.4 Å². The normalized spacial score (nSPS) is 17.0. The second kappa shape index (κ2) is 3.60. The highest BCUT2D eigenvalue weighted by Crippen LogP contribution is 2.19. The molecule has 3 nitrogen and oxygen atoms in total. The molecule has 0 saturated carbocycles. The van der Waals surface area contributed by atoms with Crippen LogP contribution in [0.1, 0.15) is 12.8 Å². The van der Waals surface area contributed by atoms with Crippen LogP contribution in [0.4, 0.5) is 0 Å². The van der Waals surface area contributed by atoms with Gasteiger partial charge < -0.3 is 14.8 Å². The Kier molecular flexibility index (Phi) is 2.73. The van der Waals surface area contributed by atoms with Crippen molar-refractivity contribution < 1.29 is 14.8 Å². The Morgan fingerprint density at radius 1 is 1.55 bits per heavy atom. The van der Waals surface area contributed by atoms with E-state index in [9.17, 15) is 0 Å². The van der Waals surface area contributed by atoms with E-state index < -0.39 is 7.12 Å². The van der Waals surface area contributed by atoms with E-state index in [-0.39, 0.29) is 0 Å². The van der Waals surface area contributed by atoms with Gasteiger partial charge in [-0.1, -0.05) is 6.08 Å². The minimum atomic E-state index is -1.38. The predicted octanol–water partition coefficient (Wildman–Crippen LogP) is 0.249. The average Bonchev–Trinajstić information content (AvgIpc) is 2.04. The van der Waals surface area contributed by atoms with Gasteiger partial charge in [0.15, 0.2) is 0 Å². The highest BCUT2D eigenvalue weighted by molar-refractivity contribution is 6.51. The van der Waals surface area contributed by atoms with Crippen molar-refractivity contribution in [2.24, 2.45) is 0 Å². The number of hydrogen-bond acceptors (Lipinski definition) is 3. The molecular formula is C7H11BO3. The third-order valence-electron chi connectivity index (χ3n) is 1.70. The lowest BCUT2D eigenvalue weighted by molar-refractivity contribution is 0.297. The van der Waals surface area contributed by atoms with E-state index in [1.54, 1.807) is 6.08 Å². The second-order valence-corrected chi connectivity index (χ2v) is 2.41. The first-order valence-electron chi connectivity index (χ1n) is 3.55. The Bertz CT molecular complexity index is 196. The van der Waals surface area contributed by atoms with Crippen molar-refractivity contribution in [3.05, 3.63) is 23.4 Å². The Balaban J connectivity index is 2.82. The molecule has 0 aliphatic heterocycles. The monoisotopic (exact) mass is 154 g/mol. The predicted molar refractivity (Wildman–Crippen MR) is 42.6 cm³/mol. The standard InChI is InChI=1S/C7H11BO3/c1-11-7-5-3-2-4-6(7)8(9)10/h3,5,9-10H,2,4H2,1H3. The highest BCUT2D eigenvalue weighted by Gasteiger charge is 2.20. The van der Waals surface area contributed by atoms with Crippen LogP contribution in [0.25, 0.3) is 0 Å². The summed E-state index contributed by atoms with van der Waals surface area (Å²) in [5.41, 5.74) is 0.565. The van der Waals surface area contributed by atoms with Crippen LogP contribution in [-0.4, -0.2) is 24.3 Å². The van der Waals surface area contributed by atoms with Crippen molar-refractivity contribution in [3.63, 3.8) is 0 Å². The van der Waals surface area contributed by atoms with Gasteiger partial charge in [0.1, 0.15) is 5.76 Å². The summed E-state index contributed by atoms with van der Waals surface area (Å²) in [6.45, 7) is 0. The molecule has 1 aliphatic rings. The van der Waals surface area contributed by atoms with E-state index in [0.717, 1.165) is 6.42 Å². The number of rotatable bonds is 2. The minimum absolute atomic E-state index is 0.565. The number of allylic oxidation sites excluding steroid dienone is 3. The summed E-state index contributed by atoms with van der Waals surface area (Å²) in [5.74, 6) is 0.575. The lowest BCUT2D eigenvalue weighted by Gasteiger charge is -2.13. The Hall–Kier alpha value is -0.735. The zero-order valence-corrected chi connectivity index (χ0v) is 6.45. The molecule has 0 spiro atoms. The molecule has 0 bridgehead atoms. The molecule has 2 N–H and O–H groups in total. The molecule has 0 aromatic heterocycles. The average molecular weight is 154 g/mol. The van der Waals surface area contributed by atoms with E-state index in [1.807, 2.05) is 6.08 Å². The second-order valence-electron chi connectivity index (χ2n) is 2.41. The zero-order chi connectivity index (χ0) is 8.27. The molecule has 0 aromatic carbocycles. The molecule has 0 heterocycles. The van der Waals surface area contributed by atoms with Gasteiger partial charge in [-0.25, -0.2) is 0 Å². The third-order valence-corrected chi connectivity index (χ3v) is 1.70. The van der Waals surface area contributed by atoms with Gasteiger partial charge in [0.05, 0.1) is 7.11 Å². The first-order chi connectivity index (χ1) is 5.25. The van der Waals surface area contributed by atoms with Gasteiger partial charge in [-0.2, -0.15) is 0 Å². The van der Waals surface area contributed by atoms with Gasteiger partial charge in [-0.3, -0.25) is 0 Å². The van der Waals surface area contributed by atoms with Crippen molar-refractivity contribution >= 4 is 7.12 Å². The van der Waals surface area contributed by atoms with Gasteiger partial charge >= 0.3 is 7.12 Å². The van der Waals surface area contributed by atoms with E-state index in [4.69, 9.17) is 14.8 Å². The maximum absolute atomic E-state index is 8.86. The molecule has 11 heavy (non-hydrogen) atoms. The molecule has 60 valence electrons. The van der Waals surface area contributed by atoms with Crippen LogP contribution in [0, 0.1) is 0 Å². The van der Waals surface area contributed by atoms with Crippen LogP contribution >= 0.6 is 0 Å². The van der Waals surface area contributed by atoms with Crippen LogP contribution in [0.5, 0.6) is 0 Å². The largest absolute Gasteiger partial charge is 0.497 e. The lowest BCUT2D eigenvalue weighted by Crippen LogP contribution is -2.19. The summed E-state index contributed by atoms with van der Waals surface area (Å²) in [4.78, 5) is 0. The van der Waals surface area contributed by atoms with Crippen LogP contribution in [0.2, 0.25) is 0 Å². The Labute approximate surface area is 66.1 Å². The molecule has 1 aliphatic carbocycles. The lowest BCUT2D eigenvalue weighted by atomic mass is 9.74. The zero-order valence-electron chi connectivity index (χ0n) is 6.45. The molecule has 0 unspecified atom stereocenters. The third kappa shape index (κ3) is 1.85. The van der Waals surface area contributed by atoms with Gasteiger partial charge in [-0.15, -0.1) is 0 Å². The molecule has 0 aromatic rings. The van der Waals surface area contributed by atoms with Crippen molar-refractivity contribution in [1.29, 1.82) is 0 Å². The van der Waals surface area contributed by atoms with E-state index in [2.05, 4.69) is 0 Å². The molecule has 0 atom stereocenters. The van der Waals surface area contributed by atoms with Crippen molar-refractivity contribution in [1.82, 2.24) is 0 Å². The molecule has 4 heteroatoms. The van der Waals surface area contributed by atoms with Gasteiger partial charge in [0, 0.05) is 5.47 Å². The molecule has 0 amide bonds. The summed E-state index contributed by atoms with van der Waals surface area (Å²) < 4.78 is 4.94.